The average Bonchev–Trinajstić information content (AvgIpc) is 2.87. The SMILES string of the molecule is C[C@H](N)c1nc(N)nc(NC2CC2)n1. The molecule has 76 valence electrons. The molecular formula is C8H14N6. The monoisotopic (exact) mass is 194 g/mol. The van der Waals surface area contributed by atoms with Crippen LogP contribution >= 0.6 is 0 Å². The van der Waals surface area contributed by atoms with Crippen molar-refractivity contribution in [2.24, 2.45) is 5.73 Å². The second-order valence-corrected chi connectivity index (χ2v) is 3.58. The predicted octanol–water partition coefficient (Wildman–Crippen LogP) is 0.0478. The summed E-state index contributed by atoms with van der Waals surface area (Å²) < 4.78 is 0. The second-order valence-electron chi connectivity index (χ2n) is 3.58. The summed E-state index contributed by atoms with van der Waals surface area (Å²) in [6.45, 7) is 1.82. The Kier molecular flexibility index (Phi) is 2.20. The van der Waals surface area contributed by atoms with E-state index in [9.17, 15) is 0 Å². The lowest BCUT2D eigenvalue weighted by Crippen LogP contribution is -2.15. The molecule has 1 atom stereocenters. The van der Waals surface area contributed by atoms with E-state index in [1.807, 2.05) is 6.92 Å². The summed E-state index contributed by atoms with van der Waals surface area (Å²) in [4.78, 5) is 12.1. The molecule has 0 aromatic carbocycles. The fourth-order valence-electron chi connectivity index (χ4n) is 1.09. The zero-order valence-corrected chi connectivity index (χ0v) is 8.07. The molecule has 0 aliphatic heterocycles. The Bertz CT molecular complexity index is 333. The quantitative estimate of drug-likeness (QED) is 0.628. The van der Waals surface area contributed by atoms with Crippen molar-refractivity contribution in [3.8, 4) is 0 Å². The average molecular weight is 194 g/mol. The summed E-state index contributed by atoms with van der Waals surface area (Å²) in [5.41, 5.74) is 11.2. The Labute approximate surface area is 82.1 Å². The largest absolute Gasteiger partial charge is 0.368 e. The summed E-state index contributed by atoms with van der Waals surface area (Å²) in [7, 11) is 0. The van der Waals surface area contributed by atoms with Crippen molar-refractivity contribution in [2.75, 3.05) is 11.1 Å². The number of nitrogens with two attached hydrogens (primary N) is 2. The molecule has 2 rings (SSSR count). The minimum atomic E-state index is -0.222. The first-order valence-corrected chi connectivity index (χ1v) is 4.68. The maximum Gasteiger partial charge on any atom is 0.228 e. The number of rotatable bonds is 3. The molecule has 1 fully saturated rings. The molecule has 1 aromatic heterocycles. The summed E-state index contributed by atoms with van der Waals surface area (Å²) in [5, 5.41) is 3.15. The maximum absolute atomic E-state index is 5.66. The number of nitrogens with one attached hydrogen (secondary N) is 1. The standard InChI is InChI=1S/C8H14N6/c1-4(9)6-12-7(10)14-8(13-6)11-5-2-3-5/h4-5H,2-3,9H2,1H3,(H3,10,11,12,13,14)/t4-/m0/s1. The summed E-state index contributed by atoms with van der Waals surface area (Å²) in [5.74, 6) is 1.28. The van der Waals surface area contributed by atoms with Crippen molar-refractivity contribution in [3.63, 3.8) is 0 Å². The first-order valence-electron chi connectivity index (χ1n) is 4.68. The van der Waals surface area contributed by atoms with Gasteiger partial charge in [0, 0.05) is 6.04 Å². The minimum absolute atomic E-state index is 0.218. The molecule has 5 N–H and O–H groups in total. The van der Waals surface area contributed by atoms with Gasteiger partial charge < -0.3 is 16.8 Å². The van der Waals surface area contributed by atoms with Gasteiger partial charge in [-0.05, 0) is 19.8 Å². The summed E-state index contributed by atoms with van der Waals surface area (Å²) >= 11 is 0. The van der Waals surface area contributed by atoms with Gasteiger partial charge in [-0.15, -0.1) is 0 Å². The molecule has 0 amide bonds. The highest BCUT2D eigenvalue weighted by molar-refractivity contribution is 5.33. The van der Waals surface area contributed by atoms with Gasteiger partial charge in [0.15, 0.2) is 5.82 Å². The van der Waals surface area contributed by atoms with Crippen LogP contribution in [0.2, 0.25) is 0 Å². The molecule has 1 aliphatic rings. The fourth-order valence-corrected chi connectivity index (χ4v) is 1.09. The third-order valence-electron chi connectivity index (χ3n) is 1.99. The van der Waals surface area contributed by atoms with Crippen LogP contribution in [0.25, 0.3) is 0 Å². The Morgan fingerprint density at radius 1 is 1.36 bits per heavy atom. The van der Waals surface area contributed by atoms with Gasteiger partial charge in [-0.2, -0.15) is 15.0 Å². The topological polar surface area (TPSA) is 103 Å². The molecule has 1 saturated carbocycles. The van der Waals surface area contributed by atoms with E-state index in [4.69, 9.17) is 11.5 Å². The highest BCUT2D eigenvalue weighted by atomic mass is 15.2. The number of hydrogen-bond donors (Lipinski definition) is 3. The molecule has 0 bridgehead atoms. The van der Waals surface area contributed by atoms with Crippen LogP contribution in [0.3, 0.4) is 0 Å². The molecule has 0 spiro atoms. The fraction of sp³-hybridized carbons (Fsp3) is 0.625. The van der Waals surface area contributed by atoms with Crippen LogP contribution in [-0.4, -0.2) is 21.0 Å². The number of aromatic nitrogens is 3. The van der Waals surface area contributed by atoms with E-state index in [0.717, 1.165) is 0 Å². The Balaban J connectivity index is 2.21. The molecule has 6 heteroatoms. The van der Waals surface area contributed by atoms with Gasteiger partial charge in [0.25, 0.3) is 0 Å². The van der Waals surface area contributed by atoms with Crippen molar-refractivity contribution >= 4 is 11.9 Å². The van der Waals surface area contributed by atoms with E-state index < -0.39 is 0 Å². The Morgan fingerprint density at radius 2 is 2.07 bits per heavy atom. The van der Waals surface area contributed by atoms with Crippen molar-refractivity contribution in [1.82, 2.24) is 15.0 Å². The number of nitrogen functional groups attached to an aromatic ring is 1. The van der Waals surface area contributed by atoms with E-state index >= 15 is 0 Å². The molecule has 6 nitrogen and oxygen atoms in total. The predicted molar refractivity (Wildman–Crippen MR) is 53.5 cm³/mol. The van der Waals surface area contributed by atoms with E-state index in [-0.39, 0.29) is 12.0 Å². The molecule has 0 saturated heterocycles. The second kappa shape index (κ2) is 3.38. The van der Waals surface area contributed by atoms with Crippen molar-refractivity contribution in [2.45, 2.75) is 31.8 Å². The Morgan fingerprint density at radius 3 is 2.64 bits per heavy atom. The van der Waals surface area contributed by atoms with Crippen molar-refractivity contribution in [1.29, 1.82) is 0 Å². The van der Waals surface area contributed by atoms with Crippen molar-refractivity contribution < 1.29 is 0 Å². The van der Waals surface area contributed by atoms with Gasteiger partial charge in [0.1, 0.15) is 0 Å². The van der Waals surface area contributed by atoms with Gasteiger partial charge >= 0.3 is 0 Å². The van der Waals surface area contributed by atoms with E-state index in [1.54, 1.807) is 0 Å². The van der Waals surface area contributed by atoms with Crippen LogP contribution in [0.5, 0.6) is 0 Å². The van der Waals surface area contributed by atoms with Crippen LogP contribution in [0.15, 0.2) is 0 Å². The van der Waals surface area contributed by atoms with Crippen LogP contribution in [0.1, 0.15) is 31.6 Å². The third kappa shape index (κ3) is 2.08. The molecule has 14 heavy (non-hydrogen) atoms. The third-order valence-corrected chi connectivity index (χ3v) is 1.99. The molecule has 1 heterocycles. The van der Waals surface area contributed by atoms with E-state index in [2.05, 4.69) is 20.3 Å². The Hall–Kier alpha value is -1.43. The van der Waals surface area contributed by atoms with Gasteiger partial charge in [-0.3, -0.25) is 0 Å². The lowest BCUT2D eigenvalue weighted by molar-refractivity contribution is 0.732. The zero-order valence-electron chi connectivity index (χ0n) is 8.07. The first-order chi connectivity index (χ1) is 6.65. The summed E-state index contributed by atoms with van der Waals surface area (Å²) in [6.07, 6.45) is 2.33. The van der Waals surface area contributed by atoms with Crippen LogP contribution in [0.4, 0.5) is 11.9 Å². The number of hydrogen-bond acceptors (Lipinski definition) is 6. The maximum atomic E-state index is 5.66. The van der Waals surface area contributed by atoms with Gasteiger partial charge in [0.2, 0.25) is 11.9 Å². The minimum Gasteiger partial charge on any atom is -0.368 e. The lowest BCUT2D eigenvalue weighted by atomic mass is 10.3. The van der Waals surface area contributed by atoms with Gasteiger partial charge in [-0.25, -0.2) is 0 Å². The van der Waals surface area contributed by atoms with Crippen LogP contribution in [-0.2, 0) is 0 Å². The normalized spacial score (nSPS) is 17.9. The smallest absolute Gasteiger partial charge is 0.228 e. The molecule has 1 aromatic rings. The van der Waals surface area contributed by atoms with Crippen molar-refractivity contribution in [3.05, 3.63) is 5.82 Å². The highest BCUT2D eigenvalue weighted by Crippen LogP contribution is 2.23. The lowest BCUT2D eigenvalue weighted by Gasteiger charge is -2.07. The van der Waals surface area contributed by atoms with Gasteiger partial charge in [-0.1, -0.05) is 0 Å². The number of anilines is 2. The number of nitrogens with zero attached hydrogens (tertiary/aromatic N) is 3. The summed E-state index contributed by atoms with van der Waals surface area (Å²) in [6, 6.07) is 0.276. The molecule has 1 aliphatic carbocycles. The first kappa shape index (κ1) is 9.14. The zero-order chi connectivity index (χ0) is 10.1. The van der Waals surface area contributed by atoms with Crippen LogP contribution < -0.4 is 16.8 Å². The van der Waals surface area contributed by atoms with E-state index in [1.165, 1.54) is 12.8 Å². The van der Waals surface area contributed by atoms with E-state index in [0.29, 0.717) is 17.8 Å². The van der Waals surface area contributed by atoms with Gasteiger partial charge in [0.05, 0.1) is 6.04 Å². The molecular weight excluding hydrogens is 180 g/mol. The molecule has 0 radical (unpaired) electrons. The highest BCUT2D eigenvalue weighted by Gasteiger charge is 2.22. The molecule has 0 unspecified atom stereocenters. The van der Waals surface area contributed by atoms with Crippen LogP contribution in [0, 0.1) is 0 Å².